The second kappa shape index (κ2) is 7.00. The smallest absolute Gasteiger partial charge is 0.305 e. The van der Waals surface area contributed by atoms with Gasteiger partial charge in [-0.05, 0) is 36.8 Å². The van der Waals surface area contributed by atoms with E-state index in [0.717, 1.165) is 5.69 Å². The number of carbonyl (C=O) groups excluding carboxylic acids is 1. The van der Waals surface area contributed by atoms with Crippen molar-refractivity contribution in [1.82, 2.24) is 9.88 Å². The zero-order chi connectivity index (χ0) is 17.0. The van der Waals surface area contributed by atoms with Gasteiger partial charge < -0.3 is 19.7 Å². The largest absolute Gasteiger partial charge is 0.497 e. The standard InChI is InChI=1S/C17H20N2O4/c1-11-4-9-15(19(11)2)17(22)18-14(10-16(20)21)12-5-7-13(23-3)8-6-12/h4-9,14H,10H2,1-3H3,(H,18,22)(H,20,21)/t14-/m0/s1. The maximum Gasteiger partial charge on any atom is 0.305 e. The highest BCUT2D eigenvalue weighted by Crippen LogP contribution is 2.21. The summed E-state index contributed by atoms with van der Waals surface area (Å²) in [5, 5.41) is 11.9. The van der Waals surface area contributed by atoms with Crippen LogP contribution in [0, 0.1) is 6.92 Å². The van der Waals surface area contributed by atoms with Crippen molar-refractivity contribution >= 4 is 11.9 Å². The van der Waals surface area contributed by atoms with Crippen molar-refractivity contribution in [2.45, 2.75) is 19.4 Å². The van der Waals surface area contributed by atoms with Gasteiger partial charge in [-0.25, -0.2) is 0 Å². The topological polar surface area (TPSA) is 80.6 Å². The van der Waals surface area contributed by atoms with Crippen LogP contribution in [0.2, 0.25) is 0 Å². The van der Waals surface area contributed by atoms with Crippen molar-refractivity contribution in [2.24, 2.45) is 7.05 Å². The number of nitrogens with one attached hydrogen (secondary N) is 1. The molecule has 0 fully saturated rings. The number of methoxy groups -OCH3 is 1. The van der Waals surface area contributed by atoms with Crippen LogP contribution in [0.15, 0.2) is 36.4 Å². The summed E-state index contributed by atoms with van der Waals surface area (Å²) in [5.41, 5.74) is 2.16. The number of hydrogen-bond acceptors (Lipinski definition) is 3. The highest BCUT2D eigenvalue weighted by molar-refractivity contribution is 5.93. The lowest BCUT2D eigenvalue weighted by atomic mass is 10.0. The molecule has 0 aliphatic heterocycles. The SMILES string of the molecule is COc1ccc([C@H](CC(=O)O)NC(=O)c2ccc(C)n2C)cc1. The molecule has 1 aromatic carbocycles. The van der Waals surface area contributed by atoms with Crippen molar-refractivity contribution in [2.75, 3.05) is 7.11 Å². The molecule has 0 radical (unpaired) electrons. The van der Waals surface area contributed by atoms with Gasteiger partial charge in [0, 0.05) is 12.7 Å². The van der Waals surface area contributed by atoms with E-state index in [-0.39, 0.29) is 12.3 Å². The van der Waals surface area contributed by atoms with Crippen LogP contribution < -0.4 is 10.1 Å². The van der Waals surface area contributed by atoms with Gasteiger partial charge in [-0.3, -0.25) is 9.59 Å². The Hall–Kier alpha value is -2.76. The molecule has 1 aromatic heterocycles. The van der Waals surface area contributed by atoms with E-state index in [9.17, 15) is 9.59 Å². The molecule has 1 heterocycles. The van der Waals surface area contributed by atoms with Crippen LogP contribution >= 0.6 is 0 Å². The molecule has 2 N–H and O–H groups in total. The number of ether oxygens (including phenoxy) is 1. The third-order valence-corrected chi connectivity index (χ3v) is 3.81. The number of carboxylic acids is 1. The Labute approximate surface area is 134 Å². The number of aliphatic carboxylic acids is 1. The maximum atomic E-state index is 12.4. The van der Waals surface area contributed by atoms with E-state index in [1.807, 2.05) is 13.0 Å². The van der Waals surface area contributed by atoms with Crippen molar-refractivity contribution in [3.63, 3.8) is 0 Å². The fraction of sp³-hybridized carbons (Fsp3) is 0.294. The first-order valence-corrected chi connectivity index (χ1v) is 7.21. The summed E-state index contributed by atoms with van der Waals surface area (Å²) < 4.78 is 6.86. The average molecular weight is 316 g/mol. The van der Waals surface area contributed by atoms with E-state index in [0.29, 0.717) is 17.0 Å². The molecule has 122 valence electrons. The Morgan fingerprint density at radius 2 is 1.87 bits per heavy atom. The number of rotatable bonds is 6. The summed E-state index contributed by atoms with van der Waals surface area (Å²) in [4.78, 5) is 23.5. The van der Waals surface area contributed by atoms with E-state index in [1.54, 1.807) is 49.1 Å². The maximum absolute atomic E-state index is 12.4. The second-order valence-corrected chi connectivity index (χ2v) is 5.32. The summed E-state index contributed by atoms with van der Waals surface area (Å²) in [5.74, 6) is -0.607. The predicted octanol–water partition coefficient (Wildman–Crippen LogP) is 2.29. The molecule has 23 heavy (non-hydrogen) atoms. The van der Waals surface area contributed by atoms with Gasteiger partial charge in [-0.15, -0.1) is 0 Å². The molecule has 0 aliphatic carbocycles. The monoisotopic (exact) mass is 316 g/mol. The van der Waals surface area contributed by atoms with Crippen LogP contribution in [-0.2, 0) is 11.8 Å². The number of amides is 1. The van der Waals surface area contributed by atoms with Gasteiger partial charge in [-0.2, -0.15) is 0 Å². The summed E-state index contributed by atoms with van der Waals surface area (Å²) in [7, 11) is 3.35. The van der Waals surface area contributed by atoms with E-state index in [1.165, 1.54) is 0 Å². The quantitative estimate of drug-likeness (QED) is 0.857. The van der Waals surface area contributed by atoms with Crippen molar-refractivity contribution in [3.05, 3.63) is 53.3 Å². The van der Waals surface area contributed by atoms with Gasteiger partial charge in [0.25, 0.3) is 5.91 Å². The second-order valence-electron chi connectivity index (χ2n) is 5.32. The number of carbonyl (C=O) groups is 2. The van der Waals surface area contributed by atoms with Gasteiger partial charge in [0.2, 0.25) is 0 Å². The molecule has 0 aliphatic rings. The van der Waals surface area contributed by atoms with Gasteiger partial charge in [0.05, 0.1) is 19.6 Å². The lowest BCUT2D eigenvalue weighted by molar-refractivity contribution is -0.137. The Morgan fingerprint density at radius 1 is 1.22 bits per heavy atom. The number of carboxylic acid groups (broad SMARTS) is 1. The number of nitrogens with zero attached hydrogens (tertiary/aromatic N) is 1. The van der Waals surface area contributed by atoms with E-state index in [4.69, 9.17) is 9.84 Å². The predicted molar refractivity (Wildman–Crippen MR) is 85.6 cm³/mol. The Morgan fingerprint density at radius 3 is 2.35 bits per heavy atom. The molecule has 6 nitrogen and oxygen atoms in total. The molecule has 2 rings (SSSR count). The Bertz CT molecular complexity index is 704. The number of aromatic nitrogens is 1. The molecule has 1 atom stereocenters. The third-order valence-electron chi connectivity index (χ3n) is 3.81. The van der Waals surface area contributed by atoms with E-state index < -0.39 is 12.0 Å². The number of hydrogen-bond donors (Lipinski definition) is 2. The third kappa shape index (κ3) is 3.91. The van der Waals surface area contributed by atoms with Crippen LogP contribution in [0.1, 0.15) is 34.2 Å². The average Bonchev–Trinajstić information content (AvgIpc) is 2.86. The molecule has 0 saturated heterocycles. The molecule has 0 saturated carbocycles. The van der Waals surface area contributed by atoms with Gasteiger partial charge in [-0.1, -0.05) is 12.1 Å². The minimum atomic E-state index is -0.978. The Balaban J connectivity index is 2.22. The van der Waals surface area contributed by atoms with E-state index >= 15 is 0 Å². The molecular weight excluding hydrogens is 296 g/mol. The lowest BCUT2D eigenvalue weighted by Crippen LogP contribution is -2.31. The summed E-state index contributed by atoms with van der Waals surface area (Å²) >= 11 is 0. The van der Waals surface area contributed by atoms with Crippen LogP contribution in [0.25, 0.3) is 0 Å². The van der Waals surface area contributed by atoms with Gasteiger partial charge in [0.15, 0.2) is 0 Å². The summed E-state index contributed by atoms with van der Waals surface area (Å²) in [6.45, 7) is 1.90. The van der Waals surface area contributed by atoms with Crippen LogP contribution in [0.5, 0.6) is 5.75 Å². The number of aryl methyl sites for hydroxylation is 1. The zero-order valence-corrected chi connectivity index (χ0v) is 13.4. The number of benzene rings is 1. The normalized spacial score (nSPS) is 11.8. The molecule has 0 unspecified atom stereocenters. The highest BCUT2D eigenvalue weighted by Gasteiger charge is 2.20. The first-order valence-electron chi connectivity index (χ1n) is 7.21. The molecular formula is C17H20N2O4. The molecule has 6 heteroatoms. The molecule has 1 amide bonds. The summed E-state index contributed by atoms with van der Waals surface area (Å²) in [6, 6.07) is 9.93. The highest BCUT2D eigenvalue weighted by atomic mass is 16.5. The fourth-order valence-corrected chi connectivity index (χ4v) is 2.34. The Kier molecular flexibility index (Phi) is 5.05. The van der Waals surface area contributed by atoms with Gasteiger partial charge in [0.1, 0.15) is 11.4 Å². The van der Waals surface area contributed by atoms with E-state index in [2.05, 4.69) is 5.32 Å². The zero-order valence-electron chi connectivity index (χ0n) is 13.4. The van der Waals surface area contributed by atoms with Crippen LogP contribution in [0.4, 0.5) is 0 Å². The minimum Gasteiger partial charge on any atom is -0.497 e. The summed E-state index contributed by atoms with van der Waals surface area (Å²) in [6.07, 6.45) is -0.193. The van der Waals surface area contributed by atoms with Crippen molar-refractivity contribution in [3.8, 4) is 5.75 Å². The lowest BCUT2D eigenvalue weighted by Gasteiger charge is -2.18. The fourth-order valence-electron chi connectivity index (χ4n) is 2.34. The first-order chi connectivity index (χ1) is 10.9. The van der Waals surface area contributed by atoms with Crippen molar-refractivity contribution in [1.29, 1.82) is 0 Å². The molecule has 2 aromatic rings. The van der Waals surface area contributed by atoms with Crippen LogP contribution in [0.3, 0.4) is 0 Å². The molecule has 0 spiro atoms. The van der Waals surface area contributed by atoms with Crippen molar-refractivity contribution < 1.29 is 19.4 Å². The minimum absolute atomic E-state index is 0.193. The molecule has 0 bridgehead atoms. The van der Waals surface area contributed by atoms with Gasteiger partial charge >= 0.3 is 5.97 Å². The van der Waals surface area contributed by atoms with Crippen LogP contribution in [-0.4, -0.2) is 28.7 Å². The first kappa shape index (κ1) is 16.6.